The zero-order chi connectivity index (χ0) is 14.3. The van der Waals surface area contributed by atoms with Crippen molar-refractivity contribution in [1.82, 2.24) is 10.3 Å². The lowest BCUT2D eigenvalue weighted by molar-refractivity contribution is 0.0942. The molecule has 1 fully saturated rings. The third-order valence-electron chi connectivity index (χ3n) is 5.38. The second-order valence-electron chi connectivity index (χ2n) is 7.17. The Bertz CT molecular complexity index is 458. The molecule has 112 valence electrons. The Balaban J connectivity index is 1.99. The summed E-state index contributed by atoms with van der Waals surface area (Å²) in [6.07, 6.45) is 7.72. The maximum Gasteiger partial charge on any atom is 0.114 e. The largest absolute Gasteiger partial charge is 0.303 e. The Morgan fingerprint density at radius 2 is 2.05 bits per heavy atom. The SMILES string of the molecule is CC(C)NC1(c2nc3c(s2)CCC3)CCCC(C)C1C. The Morgan fingerprint density at radius 3 is 2.75 bits per heavy atom. The standard InChI is InChI=1S/C17H28N2S/c1-11(2)19-17(10-6-7-12(3)13(17)4)16-18-14-8-5-9-15(14)20-16/h11-13,19H,5-10H2,1-4H3. The summed E-state index contributed by atoms with van der Waals surface area (Å²) in [5.41, 5.74) is 1.53. The van der Waals surface area contributed by atoms with Gasteiger partial charge in [-0.15, -0.1) is 11.3 Å². The van der Waals surface area contributed by atoms with Crippen molar-refractivity contribution < 1.29 is 0 Å². The van der Waals surface area contributed by atoms with Crippen molar-refractivity contribution in [2.24, 2.45) is 11.8 Å². The first kappa shape index (κ1) is 14.5. The Hall–Kier alpha value is -0.410. The zero-order valence-electron chi connectivity index (χ0n) is 13.3. The van der Waals surface area contributed by atoms with E-state index in [1.165, 1.54) is 49.2 Å². The van der Waals surface area contributed by atoms with E-state index in [1.807, 2.05) is 11.3 Å². The molecule has 1 heterocycles. The van der Waals surface area contributed by atoms with E-state index in [0.29, 0.717) is 12.0 Å². The van der Waals surface area contributed by atoms with Crippen molar-refractivity contribution in [2.45, 2.75) is 77.8 Å². The molecule has 1 aromatic heterocycles. The molecule has 1 saturated carbocycles. The van der Waals surface area contributed by atoms with E-state index >= 15 is 0 Å². The van der Waals surface area contributed by atoms with Crippen molar-refractivity contribution in [3.63, 3.8) is 0 Å². The van der Waals surface area contributed by atoms with Crippen LogP contribution in [0.5, 0.6) is 0 Å². The number of thiazole rings is 1. The number of rotatable bonds is 3. The number of fused-ring (bicyclic) bond motifs is 1. The summed E-state index contributed by atoms with van der Waals surface area (Å²) in [7, 11) is 0. The number of aryl methyl sites for hydroxylation is 2. The maximum absolute atomic E-state index is 5.08. The summed E-state index contributed by atoms with van der Waals surface area (Å²) in [6.45, 7) is 9.40. The number of hydrogen-bond acceptors (Lipinski definition) is 3. The number of nitrogens with one attached hydrogen (secondary N) is 1. The van der Waals surface area contributed by atoms with Crippen LogP contribution in [0.2, 0.25) is 0 Å². The fourth-order valence-corrected chi connectivity index (χ4v) is 5.56. The maximum atomic E-state index is 5.08. The normalized spacial score (nSPS) is 33.6. The lowest BCUT2D eigenvalue weighted by Crippen LogP contribution is -2.54. The van der Waals surface area contributed by atoms with Crippen molar-refractivity contribution in [3.05, 3.63) is 15.6 Å². The van der Waals surface area contributed by atoms with Crippen molar-refractivity contribution >= 4 is 11.3 Å². The molecule has 0 bridgehead atoms. The minimum atomic E-state index is 0.126. The summed E-state index contributed by atoms with van der Waals surface area (Å²) in [5, 5.41) is 5.31. The number of aromatic nitrogens is 1. The van der Waals surface area contributed by atoms with Gasteiger partial charge in [0.1, 0.15) is 5.01 Å². The topological polar surface area (TPSA) is 24.9 Å². The predicted octanol–water partition coefficient (Wildman–Crippen LogP) is 4.28. The summed E-state index contributed by atoms with van der Waals surface area (Å²) in [6, 6.07) is 0.515. The van der Waals surface area contributed by atoms with Crippen LogP contribution in [0, 0.1) is 11.8 Å². The van der Waals surface area contributed by atoms with Crippen LogP contribution in [0.15, 0.2) is 0 Å². The molecule has 0 spiro atoms. The molecule has 1 aromatic rings. The van der Waals surface area contributed by atoms with Crippen molar-refractivity contribution in [3.8, 4) is 0 Å². The Labute approximate surface area is 127 Å². The summed E-state index contributed by atoms with van der Waals surface area (Å²) in [5.74, 6) is 1.46. The highest BCUT2D eigenvalue weighted by atomic mass is 32.1. The third-order valence-corrected chi connectivity index (χ3v) is 6.72. The van der Waals surface area contributed by atoms with Gasteiger partial charge in [0.25, 0.3) is 0 Å². The molecule has 2 aliphatic carbocycles. The predicted molar refractivity (Wildman–Crippen MR) is 86.3 cm³/mol. The third kappa shape index (κ3) is 2.33. The zero-order valence-corrected chi connectivity index (χ0v) is 14.1. The highest BCUT2D eigenvalue weighted by Gasteiger charge is 2.45. The molecule has 0 amide bonds. The van der Waals surface area contributed by atoms with E-state index in [1.54, 1.807) is 4.88 Å². The first-order valence-electron chi connectivity index (χ1n) is 8.29. The molecule has 0 aliphatic heterocycles. The van der Waals surface area contributed by atoms with Gasteiger partial charge in [-0.05, 0) is 51.4 Å². The van der Waals surface area contributed by atoms with Gasteiger partial charge in [-0.3, -0.25) is 0 Å². The Kier molecular flexibility index (Phi) is 3.93. The molecule has 3 rings (SSSR count). The molecular weight excluding hydrogens is 264 g/mol. The van der Waals surface area contributed by atoms with Crippen molar-refractivity contribution in [1.29, 1.82) is 0 Å². The molecular formula is C17H28N2S. The summed E-state index contributed by atoms with van der Waals surface area (Å²) >= 11 is 2.00. The average Bonchev–Trinajstić information content (AvgIpc) is 2.95. The highest BCUT2D eigenvalue weighted by Crippen LogP contribution is 2.47. The lowest BCUT2D eigenvalue weighted by atomic mass is 9.68. The molecule has 2 nitrogen and oxygen atoms in total. The van der Waals surface area contributed by atoms with Gasteiger partial charge in [-0.2, -0.15) is 0 Å². The molecule has 2 aliphatic rings. The number of hydrogen-bond donors (Lipinski definition) is 1. The lowest BCUT2D eigenvalue weighted by Gasteiger charge is -2.46. The Morgan fingerprint density at radius 1 is 1.25 bits per heavy atom. The second-order valence-corrected chi connectivity index (χ2v) is 8.25. The van der Waals surface area contributed by atoms with Crippen LogP contribution in [0.4, 0.5) is 0 Å². The van der Waals surface area contributed by atoms with Crippen LogP contribution in [-0.4, -0.2) is 11.0 Å². The molecule has 0 saturated heterocycles. The summed E-state index contributed by atoms with van der Waals surface area (Å²) in [4.78, 5) is 6.65. The molecule has 3 heteroatoms. The smallest absolute Gasteiger partial charge is 0.114 e. The van der Waals surface area contributed by atoms with Gasteiger partial charge >= 0.3 is 0 Å². The van der Waals surface area contributed by atoms with Crippen LogP contribution >= 0.6 is 11.3 Å². The van der Waals surface area contributed by atoms with Gasteiger partial charge in [-0.1, -0.05) is 26.7 Å². The van der Waals surface area contributed by atoms with E-state index in [2.05, 4.69) is 33.0 Å². The summed E-state index contributed by atoms with van der Waals surface area (Å²) < 4.78 is 0. The fourth-order valence-electron chi connectivity index (χ4n) is 4.13. The van der Waals surface area contributed by atoms with Gasteiger partial charge in [0.05, 0.1) is 11.2 Å². The van der Waals surface area contributed by atoms with Crippen LogP contribution < -0.4 is 5.32 Å². The minimum absolute atomic E-state index is 0.126. The van der Waals surface area contributed by atoms with E-state index in [9.17, 15) is 0 Å². The van der Waals surface area contributed by atoms with Gasteiger partial charge in [0.2, 0.25) is 0 Å². The first-order chi connectivity index (χ1) is 9.53. The van der Waals surface area contributed by atoms with Gasteiger partial charge in [0.15, 0.2) is 0 Å². The van der Waals surface area contributed by atoms with Crippen LogP contribution in [0.1, 0.15) is 69.0 Å². The van der Waals surface area contributed by atoms with Crippen LogP contribution in [0.3, 0.4) is 0 Å². The quantitative estimate of drug-likeness (QED) is 0.899. The van der Waals surface area contributed by atoms with E-state index < -0.39 is 0 Å². The van der Waals surface area contributed by atoms with Gasteiger partial charge < -0.3 is 5.32 Å². The minimum Gasteiger partial charge on any atom is -0.303 e. The first-order valence-corrected chi connectivity index (χ1v) is 9.11. The van der Waals surface area contributed by atoms with E-state index in [4.69, 9.17) is 4.98 Å². The molecule has 1 N–H and O–H groups in total. The van der Waals surface area contributed by atoms with Crippen molar-refractivity contribution in [2.75, 3.05) is 0 Å². The van der Waals surface area contributed by atoms with Crippen LogP contribution in [0.25, 0.3) is 0 Å². The van der Waals surface area contributed by atoms with E-state index in [0.717, 1.165) is 5.92 Å². The van der Waals surface area contributed by atoms with Crippen LogP contribution in [-0.2, 0) is 18.4 Å². The van der Waals surface area contributed by atoms with Gasteiger partial charge in [0, 0.05) is 10.9 Å². The average molecular weight is 292 g/mol. The second kappa shape index (κ2) is 5.42. The molecule has 3 atom stereocenters. The highest BCUT2D eigenvalue weighted by molar-refractivity contribution is 7.12. The number of nitrogens with zero attached hydrogens (tertiary/aromatic N) is 1. The molecule has 0 radical (unpaired) electrons. The van der Waals surface area contributed by atoms with E-state index in [-0.39, 0.29) is 5.54 Å². The monoisotopic (exact) mass is 292 g/mol. The molecule has 20 heavy (non-hydrogen) atoms. The molecule has 3 unspecified atom stereocenters. The van der Waals surface area contributed by atoms with Gasteiger partial charge in [-0.25, -0.2) is 4.98 Å². The molecule has 0 aromatic carbocycles. The fraction of sp³-hybridized carbons (Fsp3) is 0.824.